The van der Waals surface area contributed by atoms with E-state index in [1.165, 1.54) is 11.1 Å². The summed E-state index contributed by atoms with van der Waals surface area (Å²) in [5.74, 6) is 1.85. The summed E-state index contributed by atoms with van der Waals surface area (Å²) in [6, 6.07) is 15.9. The molecule has 0 N–H and O–H groups in total. The van der Waals surface area contributed by atoms with Crippen LogP contribution < -0.4 is 9.47 Å². The molecule has 2 heteroatoms. The lowest BCUT2D eigenvalue weighted by Gasteiger charge is -1.97. The van der Waals surface area contributed by atoms with E-state index in [4.69, 9.17) is 9.47 Å². The van der Waals surface area contributed by atoms with E-state index in [1.807, 2.05) is 62.4 Å². The smallest absolute Gasteiger partial charge is 0.119 e. The number of methoxy groups -OCH3 is 2. The van der Waals surface area contributed by atoms with Crippen LogP contribution in [-0.2, 0) is 0 Å². The Morgan fingerprint density at radius 1 is 0.667 bits per heavy atom. The van der Waals surface area contributed by atoms with Crippen LogP contribution in [-0.4, -0.2) is 14.2 Å². The van der Waals surface area contributed by atoms with Crippen LogP contribution >= 0.6 is 0 Å². The third kappa shape index (κ3) is 4.91. The van der Waals surface area contributed by atoms with Gasteiger partial charge < -0.3 is 9.47 Å². The molecule has 2 aromatic rings. The molecule has 96 valence electrons. The molecule has 0 unspecified atom stereocenters. The first kappa shape index (κ1) is 14.1. The Labute approximate surface area is 109 Å². The first-order chi connectivity index (χ1) is 8.65. The summed E-state index contributed by atoms with van der Waals surface area (Å²) >= 11 is 0. The third-order valence-electron chi connectivity index (χ3n) is 2.45. The maximum absolute atomic E-state index is 5.00. The maximum atomic E-state index is 5.00. The molecule has 0 amide bonds. The standard InChI is InChI=1S/2C8H10O/c2*1-7-4-3-5-8(6-7)9-2/h2*3-6H,1-2H3. The third-order valence-corrected chi connectivity index (χ3v) is 2.45. The second kappa shape index (κ2) is 7.38. The Balaban J connectivity index is 0.000000180. The topological polar surface area (TPSA) is 18.5 Å². The van der Waals surface area contributed by atoms with Gasteiger partial charge in [-0.3, -0.25) is 0 Å². The fraction of sp³-hybridized carbons (Fsp3) is 0.250. The first-order valence-electron chi connectivity index (χ1n) is 5.87. The summed E-state index contributed by atoms with van der Waals surface area (Å²) in [6.07, 6.45) is 0. The van der Waals surface area contributed by atoms with E-state index in [2.05, 4.69) is 0 Å². The van der Waals surface area contributed by atoms with Gasteiger partial charge in [-0.15, -0.1) is 0 Å². The first-order valence-corrected chi connectivity index (χ1v) is 5.87. The van der Waals surface area contributed by atoms with Crippen molar-refractivity contribution in [2.45, 2.75) is 13.8 Å². The summed E-state index contributed by atoms with van der Waals surface area (Å²) in [7, 11) is 3.35. The molecular formula is C16H20O2. The van der Waals surface area contributed by atoms with E-state index >= 15 is 0 Å². The van der Waals surface area contributed by atoms with Gasteiger partial charge in [-0.25, -0.2) is 0 Å². The van der Waals surface area contributed by atoms with Gasteiger partial charge in [-0.1, -0.05) is 24.3 Å². The molecule has 0 aliphatic carbocycles. The van der Waals surface area contributed by atoms with Gasteiger partial charge in [0.2, 0.25) is 0 Å². The molecule has 0 atom stereocenters. The molecule has 2 rings (SSSR count). The van der Waals surface area contributed by atoms with Crippen LogP contribution in [0.25, 0.3) is 0 Å². The van der Waals surface area contributed by atoms with Crippen molar-refractivity contribution < 1.29 is 9.47 Å². The van der Waals surface area contributed by atoms with E-state index in [9.17, 15) is 0 Å². The average molecular weight is 244 g/mol. The Morgan fingerprint density at radius 2 is 1.06 bits per heavy atom. The summed E-state index contributed by atoms with van der Waals surface area (Å²) in [5, 5.41) is 0. The summed E-state index contributed by atoms with van der Waals surface area (Å²) < 4.78 is 9.99. The molecule has 2 nitrogen and oxygen atoms in total. The van der Waals surface area contributed by atoms with Crippen molar-refractivity contribution in [2.75, 3.05) is 14.2 Å². The van der Waals surface area contributed by atoms with Gasteiger partial charge in [0, 0.05) is 0 Å². The Hall–Kier alpha value is -1.96. The quantitative estimate of drug-likeness (QED) is 0.794. The molecule has 0 aromatic heterocycles. The molecule has 0 heterocycles. The number of hydrogen-bond acceptors (Lipinski definition) is 2. The van der Waals surface area contributed by atoms with Crippen LogP contribution in [0.5, 0.6) is 11.5 Å². The second-order valence-corrected chi connectivity index (χ2v) is 4.04. The summed E-state index contributed by atoms with van der Waals surface area (Å²) in [4.78, 5) is 0. The minimum atomic E-state index is 0.926. The zero-order valence-corrected chi connectivity index (χ0v) is 11.4. The highest BCUT2D eigenvalue weighted by atomic mass is 16.5. The normalized spacial score (nSPS) is 9.11. The highest BCUT2D eigenvalue weighted by molar-refractivity contribution is 5.27. The fourth-order valence-corrected chi connectivity index (χ4v) is 1.48. The molecule has 0 spiro atoms. The summed E-state index contributed by atoms with van der Waals surface area (Å²) in [6.45, 7) is 4.09. The van der Waals surface area contributed by atoms with Crippen molar-refractivity contribution >= 4 is 0 Å². The molecular weight excluding hydrogens is 224 g/mol. The van der Waals surface area contributed by atoms with Crippen LogP contribution in [0.15, 0.2) is 48.5 Å². The van der Waals surface area contributed by atoms with Crippen LogP contribution in [0.1, 0.15) is 11.1 Å². The van der Waals surface area contributed by atoms with E-state index in [1.54, 1.807) is 14.2 Å². The minimum absolute atomic E-state index is 0.926. The van der Waals surface area contributed by atoms with E-state index in [0.29, 0.717) is 0 Å². The molecule has 0 saturated carbocycles. The molecule has 0 saturated heterocycles. The van der Waals surface area contributed by atoms with Gasteiger partial charge in [0.05, 0.1) is 14.2 Å². The lowest BCUT2D eigenvalue weighted by Crippen LogP contribution is -1.81. The second-order valence-electron chi connectivity index (χ2n) is 4.04. The lowest BCUT2D eigenvalue weighted by atomic mass is 10.2. The van der Waals surface area contributed by atoms with E-state index in [0.717, 1.165) is 11.5 Å². The fourth-order valence-electron chi connectivity index (χ4n) is 1.48. The van der Waals surface area contributed by atoms with Crippen molar-refractivity contribution in [1.29, 1.82) is 0 Å². The van der Waals surface area contributed by atoms with Gasteiger partial charge in [-0.05, 0) is 49.2 Å². The zero-order chi connectivity index (χ0) is 13.4. The Kier molecular flexibility index (Phi) is 5.78. The highest BCUT2D eigenvalue weighted by Gasteiger charge is 1.87. The van der Waals surface area contributed by atoms with Crippen molar-refractivity contribution in [3.63, 3.8) is 0 Å². The van der Waals surface area contributed by atoms with E-state index < -0.39 is 0 Å². The van der Waals surface area contributed by atoms with E-state index in [-0.39, 0.29) is 0 Å². The molecule has 0 radical (unpaired) electrons. The predicted molar refractivity (Wildman–Crippen MR) is 75.5 cm³/mol. The van der Waals surface area contributed by atoms with Crippen molar-refractivity contribution in [3.8, 4) is 11.5 Å². The minimum Gasteiger partial charge on any atom is -0.497 e. The monoisotopic (exact) mass is 244 g/mol. The predicted octanol–water partition coefficient (Wildman–Crippen LogP) is 4.01. The van der Waals surface area contributed by atoms with Crippen LogP contribution in [0.4, 0.5) is 0 Å². The molecule has 0 aliphatic heterocycles. The molecule has 18 heavy (non-hydrogen) atoms. The van der Waals surface area contributed by atoms with Gasteiger partial charge in [0.25, 0.3) is 0 Å². The van der Waals surface area contributed by atoms with Gasteiger partial charge >= 0.3 is 0 Å². The Bertz CT molecular complexity index is 433. The number of benzene rings is 2. The Morgan fingerprint density at radius 3 is 1.28 bits per heavy atom. The SMILES string of the molecule is COc1cccc(C)c1.COc1cccc(C)c1. The van der Waals surface area contributed by atoms with Crippen molar-refractivity contribution in [1.82, 2.24) is 0 Å². The van der Waals surface area contributed by atoms with Gasteiger partial charge in [0.15, 0.2) is 0 Å². The van der Waals surface area contributed by atoms with Gasteiger partial charge in [-0.2, -0.15) is 0 Å². The molecule has 0 fully saturated rings. The average Bonchev–Trinajstić information content (AvgIpc) is 2.39. The number of hydrogen-bond donors (Lipinski definition) is 0. The number of rotatable bonds is 2. The maximum Gasteiger partial charge on any atom is 0.119 e. The largest absolute Gasteiger partial charge is 0.497 e. The van der Waals surface area contributed by atoms with Crippen molar-refractivity contribution in [3.05, 3.63) is 59.7 Å². The van der Waals surface area contributed by atoms with Crippen LogP contribution in [0.3, 0.4) is 0 Å². The number of aryl methyl sites for hydroxylation is 2. The van der Waals surface area contributed by atoms with Crippen LogP contribution in [0, 0.1) is 13.8 Å². The van der Waals surface area contributed by atoms with Crippen LogP contribution in [0.2, 0.25) is 0 Å². The lowest BCUT2D eigenvalue weighted by molar-refractivity contribution is 0.414. The van der Waals surface area contributed by atoms with Crippen molar-refractivity contribution in [2.24, 2.45) is 0 Å². The molecule has 0 aliphatic rings. The van der Waals surface area contributed by atoms with Gasteiger partial charge in [0.1, 0.15) is 11.5 Å². The molecule has 2 aromatic carbocycles. The molecule has 0 bridgehead atoms. The summed E-state index contributed by atoms with van der Waals surface area (Å²) in [5.41, 5.74) is 2.46. The number of ether oxygens (including phenoxy) is 2. The highest BCUT2D eigenvalue weighted by Crippen LogP contribution is 2.11. The zero-order valence-electron chi connectivity index (χ0n) is 11.4.